The van der Waals surface area contributed by atoms with E-state index < -0.39 is 27.9 Å². The Labute approximate surface area is 206 Å². The standard InChI is InChI=1S/C23H24F2N4O4S2/c1-32-17-8-6-15(7-9-17)13-26-35(30,31)29-11-10-20(29)19-12-21(33-2)28-23(27-19)34-14-16-4-3-5-18(24)22(16)25/h3-9,12,20,26H,10-11,13-14H2,1-2H3. The average molecular weight is 523 g/mol. The van der Waals surface area contributed by atoms with Crippen molar-refractivity contribution in [1.29, 1.82) is 0 Å². The molecular weight excluding hydrogens is 498 g/mol. The normalized spacial score (nSPS) is 16.1. The fourth-order valence-corrected chi connectivity index (χ4v) is 5.75. The first-order valence-electron chi connectivity index (χ1n) is 10.7. The molecule has 1 saturated heterocycles. The van der Waals surface area contributed by atoms with Gasteiger partial charge < -0.3 is 9.47 Å². The molecule has 0 radical (unpaired) electrons. The van der Waals surface area contributed by atoms with Gasteiger partial charge in [0.15, 0.2) is 16.8 Å². The van der Waals surface area contributed by atoms with Crippen LogP contribution in [0.1, 0.15) is 29.3 Å². The molecule has 0 saturated carbocycles. The maximum Gasteiger partial charge on any atom is 0.280 e. The first-order chi connectivity index (χ1) is 16.8. The molecule has 0 aliphatic carbocycles. The Hall–Kier alpha value is -2.80. The molecular formula is C23H24F2N4O4S2. The number of hydrogen-bond acceptors (Lipinski definition) is 7. The Morgan fingerprint density at radius 3 is 2.54 bits per heavy atom. The molecule has 1 unspecified atom stereocenters. The first-order valence-corrected chi connectivity index (χ1v) is 13.1. The van der Waals surface area contributed by atoms with E-state index in [1.165, 1.54) is 23.5 Å². The van der Waals surface area contributed by atoms with Gasteiger partial charge in [0.1, 0.15) is 5.75 Å². The molecule has 4 rings (SSSR count). The van der Waals surface area contributed by atoms with E-state index in [0.717, 1.165) is 23.4 Å². The lowest BCUT2D eigenvalue weighted by molar-refractivity contribution is 0.193. The lowest BCUT2D eigenvalue weighted by Crippen LogP contribution is -2.50. The molecule has 1 aliphatic rings. The fourth-order valence-electron chi connectivity index (χ4n) is 3.51. The summed E-state index contributed by atoms with van der Waals surface area (Å²) in [7, 11) is -0.774. The molecule has 0 amide bonds. The molecule has 1 fully saturated rings. The van der Waals surface area contributed by atoms with Crippen molar-refractivity contribution in [3.05, 3.63) is 77.0 Å². The Morgan fingerprint density at radius 2 is 1.89 bits per heavy atom. The van der Waals surface area contributed by atoms with Gasteiger partial charge in [-0.3, -0.25) is 0 Å². The Kier molecular flexibility index (Phi) is 7.85. The Morgan fingerprint density at radius 1 is 1.11 bits per heavy atom. The topological polar surface area (TPSA) is 93.7 Å². The van der Waals surface area contributed by atoms with Gasteiger partial charge in [-0.25, -0.2) is 13.8 Å². The average Bonchev–Trinajstić information content (AvgIpc) is 2.83. The highest BCUT2D eigenvalue weighted by Crippen LogP contribution is 2.36. The number of halogens is 2. The molecule has 1 N–H and O–H groups in total. The zero-order valence-electron chi connectivity index (χ0n) is 19.1. The summed E-state index contributed by atoms with van der Waals surface area (Å²) in [4.78, 5) is 8.74. The molecule has 3 aromatic rings. The van der Waals surface area contributed by atoms with Crippen molar-refractivity contribution in [2.75, 3.05) is 20.8 Å². The molecule has 1 aliphatic heterocycles. The highest BCUT2D eigenvalue weighted by Gasteiger charge is 2.39. The molecule has 1 aromatic heterocycles. The van der Waals surface area contributed by atoms with Crippen LogP contribution in [0.4, 0.5) is 8.78 Å². The van der Waals surface area contributed by atoms with Crippen molar-refractivity contribution < 1.29 is 26.7 Å². The van der Waals surface area contributed by atoms with E-state index in [4.69, 9.17) is 9.47 Å². The van der Waals surface area contributed by atoms with Crippen molar-refractivity contribution in [2.45, 2.75) is 29.9 Å². The third-order valence-corrected chi connectivity index (χ3v) is 8.00. The summed E-state index contributed by atoms with van der Waals surface area (Å²) >= 11 is 1.11. The van der Waals surface area contributed by atoms with Crippen LogP contribution in [0.5, 0.6) is 11.6 Å². The molecule has 12 heteroatoms. The van der Waals surface area contributed by atoms with Gasteiger partial charge in [0.2, 0.25) is 5.88 Å². The largest absolute Gasteiger partial charge is 0.497 e. The highest BCUT2D eigenvalue weighted by molar-refractivity contribution is 7.98. The van der Waals surface area contributed by atoms with Crippen LogP contribution in [0.2, 0.25) is 0 Å². The van der Waals surface area contributed by atoms with Gasteiger partial charge >= 0.3 is 0 Å². The van der Waals surface area contributed by atoms with Crippen LogP contribution in [-0.4, -0.2) is 43.5 Å². The number of nitrogens with zero attached hydrogens (tertiary/aromatic N) is 3. The monoisotopic (exact) mass is 522 g/mol. The van der Waals surface area contributed by atoms with E-state index in [2.05, 4.69) is 14.7 Å². The van der Waals surface area contributed by atoms with E-state index in [9.17, 15) is 17.2 Å². The Balaban J connectivity index is 1.46. The molecule has 35 heavy (non-hydrogen) atoms. The number of aromatic nitrogens is 2. The summed E-state index contributed by atoms with van der Waals surface area (Å²) in [6.07, 6.45) is 0.576. The maximum absolute atomic E-state index is 14.0. The zero-order valence-corrected chi connectivity index (χ0v) is 20.7. The molecule has 0 spiro atoms. The van der Waals surface area contributed by atoms with Crippen LogP contribution in [-0.2, 0) is 22.5 Å². The number of methoxy groups -OCH3 is 2. The molecule has 2 heterocycles. The van der Waals surface area contributed by atoms with E-state index >= 15 is 0 Å². The molecule has 1 atom stereocenters. The molecule has 2 aromatic carbocycles. The van der Waals surface area contributed by atoms with Gasteiger partial charge in [-0.05, 0) is 30.2 Å². The van der Waals surface area contributed by atoms with Gasteiger partial charge in [0.05, 0.1) is 26.0 Å². The lowest BCUT2D eigenvalue weighted by atomic mass is 10.0. The van der Waals surface area contributed by atoms with Crippen LogP contribution >= 0.6 is 11.8 Å². The van der Waals surface area contributed by atoms with E-state index in [-0.39, 0.29) is 28.9 Å². The van der Waals surface area contributed by atoms with Crippen molar-refractivity contribution in [2.24, 2.45) is 0 Å². The van der Waals surface area contributed by atoms with Gasteiger partial charge in [-0.2, -0.15) is 22.4 Å². The SMILES string of the molecule is COc1ccc(CNS(=O)(=O)N2CCC2c2cc(OC)nc(SCc3cccc(F)c3F)n2)cc1. The lowest BCUT2D eigenvalue weighted by Gasteiger charge is -2.39. The van der Waals surface area contributed by atoms with Gasteiger partial charge in [-0.15, -0.1) is 0 Å². The number of nitrogens with one attached hydrogen (secondary N) is 1. The summed E-state index contributed by atoms with van der Waals surface area (Å²) in [5.41, 5.74) is 1.44. The van der Waals surface area contributed by atoms with Crippen LogP contribution < -0.4 is 14.2 Å². The third-order valence-electron chi connectivity index (χ3n) is 5.54. The number of ether oxygens (including phenoxy) is 2. The minimum absolute atomic E-state index is 0.103. The number of thioether (sulfide) groups is 1. The molecule has 8 nitrogen and oxygen atoms in total. The summed E-state index contributed by atoms with van der Waals surface area (Å²) in [6, 6.07) is 12.2. The number of benzene rings is 2. The first kappa shape index (κ1) is 25.3. The summed E-state index contributed by atoms with van der Waals surface area (Å²) in [5.74, 6) is -0.791. The second kappa shape index (κ2) is 10.9. The maximum atomic E-state index is 14.0. The zero-order chi connectivity index (χ0) is 25.0. The smallest absolute Gasteiger partial charge is 0.280 e. The van der Waals surface area contributed by atoms with Crippen molar-refractivity contribution in [3.8, 4) is 11.6 Å². The summed E-state index contributed by atoms with van der Waals surface area (Å²) < 4.78 is 67.7. The van der Waals surface area contributed by atoms with Crippen LogP contribution in [0, 0.1) is 11.6 Å². The van der Waals surface area contributed by atoms with Gasteiger partial charge in [0, 0.05) is 30.5 Å². The molecule has 0 bridgehead atoms. The number of rotatable bonds is 10. The second-order valence-electron chi connectivity index (χ2n) is 7.71. The second-order valence-corrected chi connectivity index (χ2v) is 10.4. The number of hydrogen-bond donors (Lipinski definition) is 1. The highest BCUT2D eigenvalue weighted by atomic mass is 32.2. The van der Waals surface area contributed by atoms with E-state index in [0.29, 0.717) is 24.4 Å². The third kappa shape index (κ3) is 5.89. The fraction of sp³-hybridized carbons (Fsp3) is 0.304. The van der Waals surface area contributed by atoms with E-state index in [1.807, 2.05) is 0 Å². The van der Waals surface area contributed by atoms with Crippen LogP contribution in [0.15, 0.2) is 53.7 Å². The quantitative estimate of drug-likeness (QED) is 0.319. The Bertz CT molecular complexity index is 1290. The van der Waals surface area contributed by atoms with E-state index in [1.54, 1.807) is 37.4 Å². The molecule has 186 valence electrons. The summed E-state index contributed by atoms with van der Waals surface area (Å²) in [5, 5.41) is 0.276. The van der Waals surface area contributed by atoms with Gasteiger partial charge in [0.25, 0.3) is 10.2 Å². The van der Waals surface area contributed by atoms with Gasteiger partial charge in [-0.1, -0.05) is 36.0 Å². The summed E-state index contributed by atoms with van der Waals surface area (Å²) in [6.45, 7) is 0.467. The van der Waals surface area contributed by atoms with Crippen molar-refractivity contribution in [1.82, 2.24) is 19.0 Å². The minimum atomic E-state index is -3.78. The van der Waals surface area contributed by atoms with Crippen LogP contribution in [0.25, 0.3) is 0 Å². The van der Waals surface area contributed by atoms with Crippen LogP contribution in [0.3, 0.4) is 0 Å². The minimum Gasteiger partial charge on any atom is -0.497 e. The van der Waals surface area contributed by atoms with Crippen molar-refractivity contribution in [3.63, 3.8) is 0 Å². The predicted molar refractivity (Wildman–Crippen MR) is 127 cm³/mol. The predicted octanol–water partition coefficient (Wildman–Crippen LogP) is 3.85. The van der Waals surface area contributed by atoms with Crippen molar-refractivity contribution >= 4 is 22.0 Å².